The Morgan fingerprint density at radius 2 is 2.23 bits per heavy atom. The Bertz CT molecular complexity index is 551. The van der Waals surface area contributed by atoms with E-state index in [-0.39, 0.29) is 6.10 Å². The van der Waals surface area contributed by atoms with E-state index in [2.05, 4.69) is 31.6 Å². The first kappa shape index (κ1) is 21.0. The lowest BCUT2D eigenvalue weighted by atomic mass is 10.1. The van der Waals surface area contributed by atoms with Crippen molar-refractivity contribution in [1.29, 1.82) is 0 Å². The van der Waals surface area contributed by atoms with Crippen LogP contribution in [-0.2, 0) is 9.47 Å². The summed E-state index contributed by atoms with van der Waals surface area (Å²) in [6, 6.07) is 7.85. The van der Waals surface area contributed by atoms with Gasteiger partial charge in [-0.05, 0) is 47.8 Å². The molecule has 1 aliphatic heterocycles. The van der Waals surface area contributed by atoms with Crippen molar-refractivity contribution in [3.05, 3.63) is 28.7 Å². The van der Waals surface area contributed by atoms with Crippen molar-refractivity contribution in [2.24, 2.45) is 10.9 Å². The average Bonchev–Trinajstić information content (AvgIpc) is 3.16. The number of nitrogens with zero attached hydrogens (tertiary/aromatic N) is 1. The van der Waals surface area contributed by atoms with Crippen LogP contribution in [0, 0.1) is 5.92 Å². The third-order valence-corrected chi connectivity index (χ3v) is 4.74. The molecule has 0 saturated carbocycles. The van der Waals surface area contributed by atoms with Crippen LogP contribution in [0.5, 0.6) is 5.75 Å². The monoisotopic (exact) mass is 427 g/mol. The number of ether oxygens (including phenoxy) is 3. The number of guanidine groups is 1. The molecule has 0 spiro atoms. The minimum absolute atomic E-state index is 0.0178. The van der Waals surface area contributed by atoms with E-state index in [0.717, 1.165) is 62.0 Å². The number of benzene rings is 1. The summed E-state index contributed by atoms with van der Waals surface area (Å²) < 4.78 is 17.9. The van der Waals surface area contributed by atoms with E-state index >= 15 is 0 Å². The highest BCUT2D eigenvalue weighted by Crippen LogP contribution is 2.24. The summed E-state index contributed by atoms with van der Waals surface area (Å²) in [5, 5.41) is 6.58. The molecule has 0 aliphatic carbocycles. The van der Waals surface area contributed by atoms with Gasteiger partial charge in [0.25, 0.3) is 0 Å². The van der Waals surface area contributed by atoms with Gasteiger partial charge in [-0.2, -0.15) is 0 Å². The number of aliphatic imine (C=N–C) groups is 1. The normalized spacial score (nSPS) is 18.6. The molecule has 0 radical (unpaired) electrons. The maximum atomic E-state index is 5.92. The molecule has 0 bridgehead atoms. The zero-order valence-electron chi connectivity index (χ0n) is 15.7. The van der Waals surface area contributed by atoms with E-state index in [1.54, 1.807) is 7.05 Å². The average molecular weight is 428 g/mol. The van der Waals surface area contributed by atoms with Crippen LogP contribution < -0.4 is 15.4 Å². The standard InChI is InChI=1S/C19H30BrN3O3/c1-15(26-18-7-4-3-6-17(18)20)12-23-19(21-2)22-9-5-10-24-13-16-8-11-25-14-16/h3-4,6-7,15-16H,5,8-14H2,1-2H3,(H2,21,22,23). The third kappa shape index (κ3) is 7.93. The van der Waals surface area contributed by atoms with Crippen LogP contribution in [-0.4, -0.2) is 58.6 Å². The third-order valence-electron chi connectivity index (χ3n) is 4.08. The fourth-order valence-corrected chi connectivity index (χ4v) is 2.98. The second-order valence-corrected chi connectivity index (χ2v) is 7.25. The molecule has 1 heterocycles. The van der Waals surface area contributed by atoms with Gasteiger partial charge < -0.3 is 24.8 Å². The number of nitrogens with one attached hydrogen (secondary N) is 2. The first-order valence-corrected chi connectivity index (χ1v) is 9.99. The van der Waals surface area contributed by atoms with Gasteiger partial charge >= 0.3 is 0 Å². The summed E-state index contributed by atoms with van der Waals surface area (Å²) in [4.78, 5) is 4.24. The van der Waals surface area contributed by atoms with Crippen LogP contribution in [0.1, 0.15) is 19.8 Å². The second-order valence-electron chi connectivity index (χ2n) is 6.40. The molecule has 2 rings (SSSR count). The van der Waals surface area contributed by atoms with E-state index in [1.165, 1.54) is 0 Å². The number of para-hydroxylation sites is 1. The Labute approximate surface area is 164 Å². The second kappa shape index (κ2) is 12.1. The van der Waals surface area contributed by atoms with Crippen molar-refractivity contribution in [2.45, 2.75) is 25.9 Å². The Balaban J connectivity index is 1.54. The first-order valence-electron chi connectivity index (χ1n) is 9.20. The Morgan fingerprint density at radius 3 is 2.96 bits per heavy atom. The molecule has 1 aliphatic rings. The lowest BCUT2D eigenvalue weighted by molar-refractivity contribution is 0.0888. The number of hydrogen-bond acceptors (Lipinski definition) is 4. The molecule has 2 atom stereocenters. The maximum Gasteiger partial charge on any atom is 0.191 e. The van der Waals surface area contributed by atoms with Gasteiger partial charge in [-0.3, -0.25) is 4.99 Å². The van der Waals surface area contributed by atoms with Crippen molar-refractivity contribution in [1.82, 2.24) is 10.6 Å². The molecule has 1 aromatic rings. The highest BCUT2D eigenvalue weighted by atomic mass is 79.9. The van der Waals surface area contributed by atoms with Crippen LogP contribution in [0.3, 0.4) is 0 Å². The quantitative estimate of drug-likeness (QED) is 0.341. The van der Waals surface area contributed by atoms with E-state index in [0.29, 0.717) is 12.5 Å². The number of rotatable bonds is 10. The van der Waals surface area contributed by atoms with Crippen LogP contribution in [0.15, 0.2) is 33.7 Å². The molecule has 7 heteroatoms. The van der Waals surface area contributed by atoms with Gasteiger partial charge in [0, 0.05) is 32.7 Å². The van der Waals surface area contributed by atoms with E-state index in [4.69, 9.17) is 14.2 Å². The van der Waals surface area contributed by atoms with Crippen molar-refractivity contribution >= 4 is 21.9 Å². The lowest BCUT2D eigenvalue weighted by Crippen LogP contribution is -2.42. The number of halogens is 1. The maximum absolute atomic E-state index is 5.92. The molecule has 2 N–H and O–H groups in total. The van der Waals surface area contributed by atoms with Crippen LogP contribution in [0.2, 0.25) is 0 Å². The smallest absolute Gasteiger partial charge is 0.191 e. The van der Waals surface area contributed by atoms with Crippen LogP contribution in [0.4, 0.5) is 0 Å². The summed E-state index contributed by atoms with van der Waals surface area (Å²) >= 11 is 3.49. The number of hydrogen-bond donors (Lipinski definition) is 2. The van der Waals surface area contributed by atoms with E-state index in [9.17, 15) is 0 Å². The molecule has 2 unspecified atom stereocenters. The molecular formula is C19H30BrN3O3. The molecule has 6 nitrogen and oxygen atoms in total. The summed E-state index contributed by atoms with van der Waals surface area (Å²) in [6.45, 7) is 6.79. The minimum atomic E-state index is 0.0178. The van der Waals surface area contributed by atoms with E-state index in [1.807, 2.05) is 31.2 Å². The van der Waals surface area contributed by atoms with Gasteiger partial charge in [-0.1, -0.05) is 12.1 Å². The zero-order valence-corrected chi connectivity index (χ0v) is 17.3. The van der Waals surface area contributed by atoms with Crippen LogP contribution in [0.25, 0.3) is 0 Å². The van der Waals surface area contributed by atoms with Gasteiger partial charge in [-0.15, -0.1) is 0 Å². The molecule has 146 valence electrons. The Kier molecular flexibility index (Phi) is 9.81. The lowest BCUT2D eigenvalue weighted by Gasteiger charge is -2.18. The highest BCUT2D eigenvalue weighted by molar-refractivity contribution is 9.10. The molecule has 26 heavy (non-hydrogen) atoms. The summed E-state index contributed by atoms with van der Waals surface area (Å²) in [6.07, 6.45) is 2.08. The van der Waals surface area contributed by atoms with Gasteiger partial charge in [-0.25, -0.2) is 0 Å². The fourth-order valence-electron chi connectivity index (χ4n) is 2.61. The van der Waals surface area contributed by atoms with Crippen molar-refractivity contribution in [3.63, 3.8) is 0 Å². The highest BCUT2D eigenvalue weighted by Gasteiger charge is 2.15. The SMILES string of the molecule is CN=C(NCCCOCC1CCOC1)NCC(C)Oc1ccccc1Br. The van der Waals surface area contributed by atoms with Gasteiger partial charge in [0.1, 0.15) is 11.9 Å². The van der Waals surface area contributed by atoms with Crippen molar-refractivity contribution in [3.8, 4) is 5.75 Å². The minimum Gasteiger partial charge on any atom is -0.488 e. The summed E-state index contributed by atoms with van der Waals surface area (Å²) in [5.41, 5.74) is 0. The molecule has 1 saturated heterocycles. The Hall–Kier alpha value is -1.31. The molecule has 0 aromatic heterocycles. The van der Waals surface area contributed by atoms with Crippen LogP contribution >= 0.6 is 15.9 Å². The predicted molar refractivity (Wildman–Crippen MR) is 108 cm³/mol. The van der Waals surface area contributed by atoms with Crippen molar-refractivity contribution in [2.75, 3.05) is 46.6 Å². The molecule has 1 fully saturated rings. The first-order chi connectivity index (χ1) is 12.7. The molecule has 0 amide bonds. The fraction of sp³-hybridized carbons (Fsp3) is 0.632. The van der Waals surface area contributed by atoms with E-state index < -0.39 is 0 Å². The topological polar surface area (TPSA) is 64.1 Å². The summed E-state index contributed by atoms with van der Waals surface area (Å²) in [5.74, 6) is 2.19. The van der Waals surface area contributed by atoms with Gasteiger partial charge in [0.05, 0.1) is 24.2 Å². The van der Waals surface area contributed by atoms with Crippen molar-refractivity contribution < 1.29 is 14.2 Å². The van der Waals surface area contributed by atoms with Gasteiger partial charge in [0.15, 0.2) is 5.96 Å². The van der Waals surface area contributed by atoms with Gasteiger partial charge in [0.2, 0.25) is 0 Å². The molecular weight excluding hydrogens is 398 g/mol. The molecule has 1 aromatic carbocycles. The summed E-state index contributed by atoms with van der Waals surface area (Å²) in [7, 11) is 1.77. The zero-order chi connectivity index (χ0) is 18.6. The Morgan fingerprint density at radius 1 is 1.38 bits per heavy atom. The largest absolute Gasteiger partial charge is 0.488 e. The predicted octanol–water partition coefficient (Wildman–Crippen LogP) is 2.82.